The smallest absolute Gasteiger partial charge is 0.214 e. The molecule has 0 amide bonds. The second-order valence-electron chi connectivity index (χ2n) is 1.02. The molecule has 0 bridgehead atoms. The molecule has 0 aromatic rings. The van der Waals surface area contributed by atoms with E-state index in [9.17, 15) is 0 Å². The molecule has 0 rings (SSSR count). The zero-order chi connectivity index (χ0) is 5.21. The first-order chi connectivity index (χ1) is 2.56. The Bertz CT molecular complexity index is 42.7. The molecule has 0 aromatic carbocycles. The predicted molar refractivity (Wildman–Crippen MR) is 38.1 cm³/mol. The van der Waals surface area contributed by atoms with Crippen LogP contribution >= 0.6 is 33.1 Å². The van der Waals surface area contributed by atoms with E-state index >= 15 is 0 Å². The van der Waals surface area contributed by atoms with Gasteiger partial charge < -0.3 is 5.11 Å². The van der Waals surface area contributed by atoms with Crippen molar-refractivity contribution in [1.82, 2.24) is 0 Å². The lowest BCUT2D eigenvalue weighted by molar-refractivity contribution is 0.210. The summed E-state index contributed by atoms with van der Waals surface area (Å²) in [4.78, 5) is 0. The molecule has 7 heavy (non-hydrogen) atoms. The molecule has 0 saturated carbocycles. The molecule has 1 atom stereocenters. The maximum atomic E-state index is 8.36. The van der Waals surface area contributed by atoms with Gasteiger partial charge in [-0.25, -0.2) is 0 Å². The van der Waals surface area contributed by atoms with E-state index in [0.29, 0.717) is 6.42 Å². The van der Waals surface area contributed by atoms with Gasteiger partial charge in [-0.15, -0.1) is 0 Å². The van der Waals surface area contributed by atoms with Crippen molar-refractivity contribution in [3.63, 3.8) is 0 Å². The van der Waals surface area contributed by atoms with Gasteiger partial charge >= 0.3 is 0 Å². The summed E-state index contributed by atoms with van der Waals surface area (Å²) < 4.78 is -1.51. The molecule has 0 saturated heterocycles. The molecule has 0 aliphatic carbocycles. The van der Waals surface area contributed by atoms with Crippen molar-refractivity contribution in [2.45, 2.75) is 17.9 Å². The third-order valence-corrected chi connectivity index (χ3v) is 0.960. The number of hydrogen-bond donors (Lipinski definition) is 1. The highest BCUT2D eigenvalue weighted by molar-refractivity contribution is 6.92. The fourth-order valence-corrected chi connectivity index (χ4v) is 0. The van der Waals surface area contributed by atoms with Gasteiger partial charge in [0.05, 0.1) is 0 Å². The summed E-state index contributed by atoms with van der Waals surface area (Å²) in [5, 5.41) is 8.36. The first-order valence-electron chi connectivity index (χ1n) is 1.66. The Labute approximate surface area is 56.6 Å². The average Bonchev–Trinajstić information content (AvgIpc) is 1.35. The summed E-state index contributed by atoms with van der Waals surface area (Å²) in [6.45, 7) is 1.69. The van der Waals surface area contributed by atoms with E-state index in [1.54, 1.807) is 6.92 Å². The van der Waals surface area contributed by atoms with Crippen LogP contribution in [0.5, 0.6) is 0 Å². The molecule has 0 heterocycles. The van der Waals surface area contributed by atoms with Crippen molar-refractivity contribution in [2.75, 3.05) is 0 Å². The van der Waals surface area contributed by atoms with Crippen LogP contribution in [0, 0.1) is 0 Å². The molecule has 1 N–H and O–H groups in total. The largest absolute Gasteiger partial charge is 0.363 e. The number of hydrogen-bond acceptors (Lipinski definition) is 1. The van der Waals surface area contributed by atoms with E-state index in [1.807, 2.05) is 0 Å². The van der Waals surface area contributed by atoms with Gasteiger partial charge in [-0.05, 0) is 0 Å². The summed E-state index contributed by atoms with van der Waals surface area (Å²) in [6.07, 6.45) is 0.357. The minimum absolute atomic E-state index is 0. The van der Waals surface area contributed by atoms with Gasteiger partial charge in [0, 0.05) is 6.42 Å². The quantitative estimate of drug-likeness (QED) is 0.459. The van der Waals surface area contributed by atoms with E-state index in [2.05, 4.69) is 0 Å². The molecule has 0 aliphatic heterocycles. The summed E-state index contributed by atoms with van der Waals surface area (Å²) in [6, 6.07) is 0. The lowest BCUT2D eigenvalue weighted by Crippen LogP contribution is -2.06. The summed E-state index contributed by atoms with van der Waals surface area (Å²) in [5.74, 6) is 0. The molecule has 1 unspecified atom stereocenters. The van der Waals surface area contributed by atoms with Crippen molar-refractivity contribution >= 4 is 33.1 Å². The maximum Gasteiger partial charge on any atom is 0.214 e. The predicted octanol–water partition coefficient (Wildman–Crippen LogP) is 1.58. The lowest BCUT2D eigenvalue weighted by Gasteiger charge is -2.04. The van der Waals surface area contributed by atoms with Gasteiger partial charge in [-0.3, -0.25) is 0 Å². The fourth-order valence-electron chi connectivity index (χ4n) is 0. The summed E-state index contributed by atoms with van der Waals surface area (Å²) >= 11 is 10.1. The molecule has 0 radical (unpaired) electrons. The van der Waals surface area contributed by atoms with Crippen molar-refractivity contribution < 1.29 is 5.11 Å². The second kappa shape index (κ2) is 3.91. The van der Waals surface area contributed by atoms with Gasteiger partial charge in [0.2, 0.25) is 4.52 Å². The third kappa shape index (κ3) is 10.9. The van der Waals surface area contributed by atoms with Crippen molar-refractivity contribution in [3.05, 3.63) is 0 Å². The molecular formula is C3H9Cl2OP. The van der Waals surface area contributed by atoms with E-state index in [0.717, 1.165) is 0 Å². The summed E-state index contributed by atoms with van der Waals surface area (Å²) in [7, 11) is 0. The zero-order valence-electron chi connectivity index (χ0n) is 4.12. The highest BCUT2D eigenvalue weighted by Gasteiger charge is 2.13. The number of aliphatic hydroxyl groups is 1. The van der Waals surface area contributed by atoms with Crippen LogP contribution in [0.25, 0.3) is 0 Å². The standard InChI is InChI=1S/C3H6Cl2O.H3P/c1-2-3(4,5)6;/h6H,2H2,1H3;1H3. The van der Waals surface area contributed by atoms with Crippen LogP contribution in [-0.2, 0) is 0 Å². The van der Waals surface area contributed by atoms with Gasteiger partial charge in [-0.1, -0.05) is 30.1 Å². The highest BCUT2D eigenvalue weighted by Crippen LogP contribution is 2.19. The maximum absolute atomic E-state index is 8.36. The summed E-state index contributed by atoms with van der Waals surface area (Å²) in [5.41, 5.74) is 0. The van der Waals surface area contributed by atoms with Crippen LogP contribution in [-0.4, -0.2) is 9.63 Å². The second-order valence-corrected chi connectivity index (χ2v) is 2.46. The van der Waals surface area contributed by atoms with Gasteiger partial charge in [0.15, 0.2) is 0 Å². The first kappa shape index (κ1) is 10.9. The molecule has 0 spiro atoms. The Morgan fingerprint density at radius 3 is 1.71 bits per heavy atom. The van der Waals surface area contributed by atoms with E-state index in [-0.39, 0.29) is 9.90 Å². The van der Waals surface area contributed by atoms with Crippen LogP contribution < -0.4 is 0 Å². The Kier molecular flexibility index (Phi) is 6.07. The first-order valence-corrected chi connectivity index (χ1v) is 2.42. The van der Waals surface area contributed by atoms with Crippen LogP contribution in [0.3, 0.4) is 0 Å². The van der Waals surface area contributed by atoms with Crippen molar-refractivity contribution in [2.24, 2.45) is 0 Å². The van der Waals surface area contributed by atoms with Crippen molar-refractivity contribution in [1.29, 1.82) is 0 Å². The number of rotatable bonds is 1. The Morgan fingerprint density at radius 1 is 1.57 bits per heavy atom. The van der Waals surface area contributed by atoms with Gasteiger partial charge in [-0.2, -0.15) is 9.90 Å². The lowest BCUT2D eigenvalue weighted by atomic mass is 10.5. The minimum atomic E-state index is -1.51. The van der Waals surface area contributed by atoms with E-state index in [1.165, 1.54) is 0 Å². The molecule has 0 aromatic heterocycles. The number of halogens is 2. The molecule has 46 valence electrons. The molecular weight excluding hydrogens is 154 g/mol. The molecule has 0 fully saturated rings. The van der Waals surface area contributed by atoms with E-state index in [4.69, 9.17) is 28.3 Å². The van der Waals surface area contributed by atoms with Crippen LogP contribution in [0.2, 0.25) is 0 Å². The molecule has 4 heteroatoms. The molecule has 0 aliphatic rings. The Balaban J connectivity index is 0. The normalized spacial score (nSPS) is 10.3. The monoisotopic (exact) mass is 162 g/mol. The highest BCUT2D eigenvalue weighted by atomic mass is 35.5. The average molecular weight is 163 g/mol. The van der Waals surface area contributed by atoms with E-state index < -0.39 is 4.52 Å². The van der Waals surface area contributed by atoms with Crippen LogP contribution in [0.15, 0.2) is 0 Å². The topological polar surface area (TPSA) is 20.2 Å². The van der Waals surface area contributed by atoms with Crippen molar-refractivity contribution in [3.8, 4) is 0 Å². The molecule has 1 nitrogen and oxygen atoms in total. The minimum Gasteiger partial charge on any atom is -0.363 e. The van der Waals surface area contributed by atoms with Crippen LogP contribution in [0.4, 0.5) is 0 Å². The fraction of sp³-hybridized carbons (Fsp3) is 1.00. The Hall–Kier alpha value is 0.970. The Morgan fingerprint density at radius 2 is 1.71 bits per heavy atom. The third-order valence-electron chi connectivity index (χ3n) is 0.425. The SMILES string of the molecule is CCC(O)(Cl)Cl.P. The van der Waals surface area contributed by atoms with Gasteiger partial charge in [0.1, 0.15) is 0 Å². The number of alkyl halides is 2. The zero-order valence-corrected chi connectivity index (χ0v) is 7.04. The van der Waals surface area contributed by atoms with Gasteiger partial charge in [0.25, 0.3) is 0 Å². The van der Waals surface area contributed by atoms with Crippen LogP contribution in [0.1, 0.15) is 13.3 Å².